The molecule has 0 saturated carbocycles. The van der Waals surface area contributed by atoms with Crippen molar-refractivity contribution in [3.63, 3.8) is 0 Å². The second-order valence-corrected chi connectivity index (χ2v) is 6.69. The van der Waals surface area contributed by atoms with E-state index >= 15 is 0 Å². The van der Waals surface area contributed by atoms with E-state index in [1.807, 2.05) is 0 Å². The number of benzene rings is 1. The van der Waals surface area contributed by atoms with E-state index in [2.05, 4.69) is 10.6 Å². The number of hydrogen-bond donors (Lipinski definition) is 3. The molecule has 4 N–H and O–H groups in total. The molecule has 0 spiro atoms. The van der Waals surface area contributed by atoms with Crippen LogP contribution in [-0.4, -0.2) is 47.9 Å². The van der Waals surface area contributed by atoms with Gasteiger partial charge >= 0.3 is 0 Å². The third-order valence-electron chi connectivity index (χ3n) is 3.57. The fourth-order valence-electron chi connectivity index (χ4n) is 2.16. The number of thioether (sulfide) groups is 1. The van der Waals surface area contributed by atoms with Crippen LogP contribution in [0.4, 0.5) is 13.2 Å². The Kier molecular flexibility index (Phi) is 8.04. The van der Waals surface area contributed by atoms with Crippen LogP contribution in [0.1, 0.15) is 5.56 Å². The van der Waals surface area contributed by atoms with Crippen LogP contribution in [0.5, 0.6) is 0 Å². The first-order chi connectivity index (χ1) is 11.3. The van der Waals surface area contributed by atoms with Gasteiger partial charge in [-0.25, -0.2) is 13.2 Å². The molecule has 2 unspecified atom stereocenters. The monoisotopic (exact) mass is 397 g/mol. The van der Waals surface area contributed by atoms with Crippen molar-refractivity contribution >= 4 is 36.0 Å². The van der Waals surface area contributed by atoms with E-state index < -0.39 is 47.9 Å². The lowest BCUT2D eigenvalue weighted by atomic mass is 10.1. The third kappa shape index (κ3) is 6.09. The number of carbonyl (C=O) groups is 2. The van der Waals surface area contributed by atoms with Gasteiger partial charge in [0.2, 0.25) is 11.8 Å². The number of nitrogens with one attached hydrogen (secondary N) is 2. The highest BCUT2D eigenvalue weighted by atomic mass is 35.5. The van der Waals surface area contributed by atoms with Crippen molar-refractivity contribution in [1.29, 1.82) is 0 Å². The molecule has 1 aliphatic heterocycles. The summed E-state index contributed by atoms with van der Waals surface area (Å²) in [5, 5.41) is 4.04. The quantitative estimate of drug-likeness (QED) is 0.671. The molecule has 0 aliphatic carbocycles. The van der Waals surface area contributed by atoms with E-state index in [9.17, 15) is 22.8 Å². The third-order valence-corrected chi connectivity index (χ3v) is 4.88. The molecule has 5 nitrogen and oxygen atoms in total. The summed E-state index contributed by atoms with van der Waals surface area (Å²) in [4.78, 5) is 23.9. The first-order valence-electron chi connectivity index (χ1n) is 7.33. The van der Waals surface area contributed by atoms with E-state index in [0.717, 1.165) is 0 Å². The average molecular weight is 398 g/mol. The molecule has 25 heavy (non-hydrogen) atoms. The molecule has 2 amide bonds. The van der Waals surface area contributed by atoms with Crippen molar-refractivity contribution in [2.75, 3.05) is 18.8 Å². The summed E-state index contributed by atoms with van der Waals surface area (Å²) >= 11 is 1.20. The van der Waals surface area contributed by atoms with Gasteiger partial charge in [0.25, 0.3) is 5.92 Å². The van der Waals surface area contributed by atoms with Crippen molar-refractivity contribution in [3.05, 3.63) is 35.6 Å². The SMILES string of the molecule is Cl.NCC(F)(F)CNC(=O)C1CSC(Cc2ccccc2F)C(=O)N1. The van der Waals surface area contributed by atoms with Crippen LogP contribution in [0.15, 0.2) is 24.3 Å². The lowest BCUT2D eigenvalue weighted by molar-refractivity contribution is -0.129. The molecular weight excluding hydrogens is 379 g/mol. The predicted octanol–water partition coefficient (Wildman–Crippen LogP) is 1.10. The zero-order valence-corrected chi connectivity index (χ0v) is 14.8. The fraction of sp³-hybridized carbons (Fsp3) is 0.467. The van der Waals surface area contributed by atoms with Crippen molar-refractivity contribution in [2.24, 2.45) is 5.73 Å². The molecule has 1 aromatic carbocycles. The van der Waals surface area contributed by atoms with Gasteiger partial charge in [0, 0.05) is 5.75 Å². The Morgan fingerprint density at radius 3 is 2.68 bits per heavy atom. The van der Waals surface area contributed by atoms with Crippen molar-refractivity contribution < 1.29 is 22.8 Å². The van der Waals surface area contributed by atoms with Crippen LogP contribution >= 0.6 is 24.2 Å². The number of rotatable bonds is 6. The van der Waals surface area contributed by atoms with E-state index in [4.69, 9.17) is 5.73 Å². The summed E-state index contributed by atoms with van der Waals surface area (Å²) < 4.78 is 39.7. The normalized spacial score (nSPS) is 20.4. The Balaban J connectivity index is 0.00000312. The Morgan fingerprint density at radius 1 is 1.40 bits per heavy atom. The van der Waals surface area contributed by atoms with Gasteiger partial charge in [0.15, 0.2) is 0 Å². The zero-order chi connectivity index (χ0) is 17.7. The fourth-order valence-corrected chi connectivity index (χ4v) is 3.34. The first kappa shape index (κ1) is 21.6. The van der Waals surface area contributed by atoms with E-state index in [1.54, 1.807) is 18.2 Å². The van der Waals surface area contributed by atoms with Gasteiger partial charge in [-0.05, 0) is 18.1 Å². The van der Waals surface area contributed by atoms with Crippen LogP contribution < -0.4 is 16.4 Å². The van der Waals surface area contributed by atoms with Crippen LogP contribution in [0, 0.1) is 5.82 Å². The molecule has 2 atom stereocenters. The number of halogens is 4. The Morgan fingerprint density at radius 2 is 2.08 bits per heavy atom. The highest BCUT2D eigenvalue weighted by Gasteiger charge is 2.34. The number of nitrogens with two attached hydrogens (primary N) is 1. The Labute approximate surface area is 153 Å². The van der Waals surface area contributed by atoms with Gasteiger partial charge in [-0.2, -0.15) is 0 Å². The molecule has 10 heteroatoms. The molecule has 1 heterocycles. The highest BCUT2D eigenvalue weighted by Crippen LogP contribution is 2.23. The standard InChI is InChI=1S/C15H18F3N3O2S.ClH/c16-10-4-2-1-3-9(10)5-12-14(23)21-11(6-24-12)13(22)20-8-15(17,18)7-19;/h1-4,11-12H,5-8,19H2,(H,20,22)(H,21,23);1H. The number of hydrogen-bond acceptors (Lipinski definition) is 4. The zero-order valence-electron chi connectivity index (χ0n) is 13.1. The topological polar surface area (TPSA) is 84.2 Å². The second kappa shape index (κ2) is 9.30. The van der Waals surface area contributed by atoms with E-state index in [-0.39, 0.29) is 24.6 Å². The van der Waals surface area contributed by atoms with Crippen molar-refractivity contribution in [1.82, 2.24) is 10.6 Å². The van der Waals surface area contributed by atoms with Gasteiger partial charge in [0.1, 0.15) is 11.9 Å². The molecule has 2 rings (SSSR count). The van der Waals surface area contributed by atoms with Gasteiger partial charge in [-0.15, -0.1) is 24.2 Å². The summed E-state index contributed by atoms with van der Waals surface area (Å²) in [5.74, 6) is -4.46. The predicted molar refractivity (Wildman–Crippen MR) is 92.5 cm³/mol. The Bertz CT molecular complexity index is 621. The smallest absolute Gasteiger partial charge is 0.277 e. The summed E-state index contributed by atoms with van der Waals surface area (Å²) in [6, 6.07) is 5.25. The minimum atomic E-state index is -3.19. The van der Waals surface area contributed by atoms with Gasteiger partial charge in [-0.1, -0.05) is 18.2 Å². The molecular formula is C15H19ClF3N3O2S. The summed E-state index contributed by atoms with van der Waals surface area (Å²) in [7, 11) is 0. The highest BCUT2D eigenvalue weighted by molar-refractivity contribution is 8.00. The van der Waals surface area contributed by atoms with Gasteiger partial charge in [-0.3, -0.25) is 9.59 Å². The van der Waals surface area contributed by atoms with Crippen LogP contribution in [0.2, 0.25) is 0 Å². The lowest BCUT2D eigenvalue weighted by Crippen LogP contribution is -2.56. The van der Waals surface area contributed by atoms with Crippen molar-refractivity contribution in [3.8, 4) is 0 Å². The number of amides is 2. The first-order valence-corrected chi connectivity index (χ1v) is 8.38. The molecule has 1 saturated heterocycles. The maximum absolute atomic E-state index is 13.6. The average Bonchev–Trinajstić information content (AvgIpc) is 2.56. The molecule has 0 bridgehead atoms. The molecule has 0 radical (unpaired) electrons. The summed E-state index contributed by atoms with van der Waals surface area (Å²) in [6.45, 7) is -1.75. The maximum atomic E-state index is 13.6. The van der Waals surface area contributed by atoms with E-state index in [0.29, 0.717) is 5.56 Å². The van der Waals surface area contributed by atoms with Gasteiger partial charge < -0.3 is 16.4 Å². The molecule has 1 fully saturated rings. The summed E-state index contributed by atoms with van der Waals surface area (Å²) in [6.07, 6.45) is 0.197. The molecule has 1 aromatic rings. The second-order valence-electron chi connectivity index (χ2n) is 5.46. The largest absolute Gasteiger partial charge is 0.348 e. The van der Waals surface area contributed by atoms with Crippen LogP contribution in [0.3, 0.4) is 0 Å². The number of carbonyl (C=O) groups excluding carboxylic acids is 2. The van der Waals surface area contributed by atoms with E-state index in [1.165, 1.54) is 17.8 Å². The molecule has 140 valence electrons. The minimum Gasteiger partial charge on any atom is -0.348 e. The minimum absolute atomic E-state index is 0. The maximum Gasteiger partial charge on any atom is 0.277 e. The van der Waals surface area contributed by atoms with Crippen LogP contribution in [-0.2, 0) is 16.0 Å². The Hall–Kier alpha value is -1.45. The van der Waals surface area contributed by atoms with Crippen molar-refractivity contribution in [2.45, 2.75) is 23.6 Å². The lowest BCUT2D eigenvalue weighted by Gasteiger charge is -2.28. The number of alkyl halides is 2. The molecule has 0 aromatic heterocycles. The summed E-state index contributed by atoms with van der Waals surface area (Å²) in [5.41, 5.74) is 5.30. The van der Waals surface area contributed by atoms with Crippen LogP contribution in [0.25, 0.3) is 0 Å². The molecule has 1 aliphatic rings. The van der Waals surface area contributed by atoms with Gasteiger partial charge in [0.05, 0.1) is 18.3 Å².